The highest BCUT2D eigenvalue weighted by atomic mass is 32.2. The highest BCUT2D eigenvalue weighted by molar-refractivity contribution is 7.89. The third kappa shape index (κ3) is 6.33. The first-order chi connectivity index (χ1) is 14.5. The van der Waals surface area contributed by atoms with Crippen LogP contribution >= 0.6 is 0 Å². The largest absolute Gasteiger partial charge is 0.486 e. The third-order valence-corrected chi connectivity index (χ3v) is 6.88. The fraction of sp³-hybridized carbons (Fsp3) is 0.667. The van der Waals surface area contributed by atoms with E-state index in [1.165, 1.54) is 12.1 Å². The normalized spacial score (nSPS) is 18.4. The van der Waals surface area contributed by atoms with E-state index >= 15 is 0 Å². The zero-order chi connectivity index (χ0) is 21.4. The van der Waals surface area contributed by atoms with Crippen LogP contribution in [0.15, 0.2) is 23.1 Å². The number of carbonyl (C=O) groups is 1. The van der Waals surface area contributed by atoms with Gasteiger partial charge >= 0.3 is 0 Å². The molecule has 1 aromatic carbocycles. The van der Waals surface area contributed by atoms with Gasteiger partial charge in [0.2, 0.25) is 15.9 Å². The molecule has 0 saturated carbocycles. The maximum Gasteiger partial charge on any atom is 0.240 e. The molecule has 1 amide bonds. The summed E-state index contributed by atoms with van der Waals surface area (Å²) in [5, 5.41) is 0. The van der Waals surface area contributed by atoms with E-state index < -0.39 is 10.0 Å². The highest BCUT2D eigenvalue weighted by Gasteiger charge is 2.21. The SMILES string of the molecule is CCN(CC1CCOC1)C(=O)CCCCCNS(=O)(=O)c1ccc2c(c1)OCCO2. The van der Waals surface area contributed by atoms with E-state index in [4.69, 9.17) is 14.2 Å². The van der Waals surface area contributed by atoms with E-state index in [9.17, 15) is 13.2 Å². The Morgan fingerprint density at radius 3 is 2.67 bits per heavy atom. The van der Waals surface area contributed by atoms with Crippen molar-refractivity contribution in [2.24, 2.45) is 5.92 Å². The summed E-state index contributed by atoms with van der Waals surface area (Å²) in [6.07, 6.45) is 3.74. The van der Waals surface area contributed by atoms with Crippen LogP contribution in [0, 0.1) is 5.92 Å². The monoisotopic (exact) mass is 440 g/mol. The van der Waals surface area contributed by atoms with Crippen molar-refractivity contribution in [1.82, 2.24) is 9.62 Å². The predicted molar refractivity (Wildman–Crippen MR) is 112 cm³/mol. The molecule has 0 bridgehead atoms. The van der Waals surface area contributed by atoms with Crippen LogP contribution in [0.4, 0.5) is 0 Å². The second-order valence-corrected chi connectivity index (χ2v) is 9.44. The van der Waals surface area contributed by atoms with Gasteiger partial charge in [-0.3, -0.25) is 4.79 Å². The number of hydrogen-bond donors (Lipinski definition) is 1. The molecule has 8 nitrogen and oxygen atoms in total. The Hall–Kier alpha value is -1.84. The molecular formula is C21H32N2O6S. The van der Waals surface area contributed by atoms with Gasteiger partial charge in [0.15, 0.2) is 11.5 Å². The van der Waals surface area contributed by atoms with E-state index in [0.717, 1.165) is 39.0 Å². The fourth-order valence-corrected chi connectivity index (χ4v) is 4.75. The van der Waals surface area contributed by atoms with Gasteiger partial charge < -0.3 is 19.1 Å². The second-order valence-electron chi connectivity index (χ2n) is 7.68. The number of ether oxygens (including phenoxy) is 3. The van der Waals surface area contributed by atoms with E-state index in [1.54, 1.807) is 6.07 Å². The van der Waals surface area contributed by atoms with E-state index in [2.05, 4.69) is 4.72 Å². The summed E-state index contributed by atoms with van der Waals surface area (Å²) in [5.41, 5.74) is 0. The standard InChI is InChI=1S/C21H32N2O6S/c1-2-23(15-17-9-11-27-16-17)21(24)6-4-3-5-10-22-30(25,26)18-7-8-19-20(14-18)29-13-12-28-19/h7-8,14,17,22H,2-6,9-13,15-16H2,1H3. The van der Waals surface area contributed by atoms with Crippen LogP contribution < -0.4 is 14.2 Å². The average molecular weight is 441 g/mol. The van der Waals surface area contributed by atoms with E-state index in [1.807, 2.05) is 11.8 Å². The topological polar surface area (TPSA) is 94.2 Å². The zero-order valence-corrected chi connectivity index (χ0v) is 18.4. The van der Waals surface area contributed by atoms with Crippen molar-refractivity contribution in [3.8, 4) is 11.5 Å². The molecule has 0 aromatic heterocycles. The van der Waals surface area contributed by atoms with Gasteiger partial charge in [-0.1, -0.05) is 6.42 Å². The van der Waals surface area contributed by atoms with Gasteiger partial charge in [0.1, 0.15) is 13.2 Å². The molecule has 2 aliphatic heterocycles. The Balaban J connectivity index is 1.35. The van der Waals surface area contributed by atoms with Gasteiger partial charge in [0.05, 0.1) is 11.5 Å². The summed E-state index contributed by atoms with van der Waals surface area (Å²) in [6, 6.07) is 4.62. The van der Waals surface area contributed by atoms with Crippen molar-refractivity contribution >= 4 is 15.9 Å². The van der Waals surface area contributed by atoms with Gasteiger partial charge in [-0.15, -0.1) is 0 Å². The lowest BCUT2D eigenvalue weighted by Gasteiger charge is -2.23. The van der Waals surface area contributed by atoms with Crippen molar-refractivity contribution in [2.45, 2.75) is 43.9 Å². The number of benzene rings is 1. The second kappa shape index (κ2) is 11.0. The zero-order valence-electron chi connectivity index (χ0n) is 17.6. The van der Waals surface area contributed by atoms with E-state index in [0.29, 0.717) is 56.6 Å². The number of sulfonamides is 1. The number of nitrogens with zero attached hydrogens (tertiary/aromatic N) is 1. The van der Waals surface area contributed by atoms with Gasteiger partial charge in [-0.2, -0.15) is 0 Å². The van der Waals surface area contributed by atoms with Crippen molar-refractivity contribution in [2.75, 3.05) is 46.1 Å². The fourth-order valence-electron chi connectivity index (χ4n) is 3.66. The lowest BCUT2D eigenvalue weighted by molar-refractivity contribution is -0.131. The number of rotatable bonds is 11. The molecule has 9 heteroatoms. The first kappa shape index (κ1) is 22.8. The minimum absolute atomic E-state index is 0.163. The molecule has 1 N–H and O–H groups in total. The minimum atomic E-state index is -3.60. The smallest absolute Gasteiger partial charge is 0.240 e. The lowest BCUT2D eigenvalue weighted by atomic mass is 10.1. The Morgan fingerprint density at radius 2 is 1.93 bits per heavy atom. The average Bonchev–Trinajstić information content (AvgIpc) is 3.27. The van der Waals surface area contributed by atoms with Crippen molar-refractivity contribution in [3.63, 3.8) is 0 Å². The van der Waals surface area contributed by atoms with Gasteiger partial charge in [0.25, 0.3) is 0 Å². The molecule has 0 radical (unpaired) electrons. The molecule has 30 heavy (non-hydrogen) atoms. The molecule has 1 aromatic rings. The van der Waals surface area contributed by atoms with Crippen LogP contribution in [-0.2, 0) is 19.6 Å². The van der Waals surface area contributed by atoms with Gasteiger partial charge in [-0.05, 0) is 38.3 Å². The summed E-state index contributed by atoms with van der Waals surface area (Å²) in [4.78, 5) is 14.5. The molecule has 0 spiro atoms. The van der Waals surface area contributed by atoms with Gasteiger partial charge in [-0.25, -0.2) is 13.1 Å². The van der Waals surface area contributed by atoms with Gasteiger partial charge in [0, 0.05) is 44.6 Å². The lowest BCUT2D eigenvalue weighted by Crippen LogP contribution is -2.35. The Bertz CT molecular complexity index is 808. The van der Waals surface area contributed by atoms with Crippen LogP contribution in [0.1, 0.15) is 39.0 Å². The number of carbonyl (C=O) groups excluding carboxylic acids is 1. The molecule has 1 unspecified atom stereocenters. The molecular weight excluding hydrogens is 408 g/mol. The first-order valence-corrected chi connectivity index (χ1v) is 12.2. The first-order valence-electron chi connectivity index (χ1n) is 10.7. The van der Waals surface area contributed by atoms with Crippen LogP contribution in [0.3, 0.4) is 0 Å². The Morgan fingerprint density at radius 1 is 1.13 bits per heavy atom. The van der Waals surface area contributed by atoms with Crippen molar-refractivity contribution in [1.29, 1.82) is 0 Å². The quantitative estimate of drug-likeness (QED) is 0.530. The van der Waals surface area contributed by atoms with Crippen LogP contribution in [-0.4, -0.2) is 65.3 Å². The number of fused-ring (bicyclic) bond motifs is 1. The predicted octanol–water partition coefficient (Wildman–Crippen LogP) is 2.18. The van der Waals surface area contributed by atoms with Crippen molar-refractivity contribution in [3.05, 3.63) is 18.2 Å². The van der Waals surface area contributed by atoms with E-state index in [-0.39, 0.29) is 10.8 Å². The molecule has 2 aliphatic rings. The Labute approximate surface area is 178 Å². The summed E-state index contributed by atoms with van der Waals surface area (Å²) < 4.78 is 43.8. The molecule has 2 heterocycles. The maximum atomic E-state index is 12.5. The molecule has 3 rings (SSSR count). The highest BCUT2D eigenvalue weighted by Crippen LogP contribution is 2.32. The summed E-state index contributed by atoms with van der Waals surface area (Å²) >= 11 is 0. The summed E-state index contributed by atoms with van der Waals surface area (Å²) in [7, 11) is -3.60. The molecule has 0 aliphatic carbocycles. The molecule has 168 valence electrons. The number of hydrogen-bond acceptors (Lipinski definition) is 6. The van der Waals surface area contributed by atoms with Crippen LogP contribution in [0.5, 0.6) is 11.5 Å². The molecule has 1 saturated heterocycles. The number of amides is 1. The number of nitrogens with one attached hydrogen (secondary N) is 1. The minimum Gasteiger partial charge on any atom is -0.486 e. The Kier molecular flexibility index (Phi) is 8.35. The summed E-state index contributed by atoms with van der Waals surface area (Å²) in [6.45, 7) is 6.22. The van der Waals surface area contributed by atoms with Crippen LogP contribution in [0.2, 0.25) is 0 Å². The molecule has 1 atom stereocenters. The maximum absolute atomic E-state index is 12.5. The van der Waals surface area contributed by atoms with Crippen molar-refractivity contribution < 1.29 is 27.4 Å². The third-order valence-electron chi connectivity index (χ3n) is 5.42. The summed E-state index contributed by atoms with van der Waals surface area (Å²) in [5.74, 6) is 1.63. The number of unbranched alkanes of at least 4 members (excludes halogenated alkanes) is 2. The van der Waals surface area contributed by atoms with Crippen LogP contribution in [0.25, 0.3) is 0 Å². The molecule has 1 fully saturated rings.